The maximum Gasteiger partial charge on any atom is 0.270 e. The zero-order valence-corrected chi connectivity index (χ0v) is 12.7. The predicted octanol–water partition coefficient (Wildman–Crippen LogP) is 3.85. The van der Waals surface area contributed by atoms with Crippen molar-refractivity contribution < 1.29 is 4.79 Å². The Hall–Kier alpha value is -1.70. The lowest BCUT2D eigenvalue weighted by Gasteiger charge is -2.28. The number of amides is 1. The first-order valence-electron chi connectivity index (χ1n) is 6.75. The van der Waals surface area contributed by atoms with Crippen LogP contribution in [0.3, 0.4) is 0 Å². The second-order valence-corrected chi connectivity index (χ2v) is 5.99. The molecule has 3 rings (SSSR count). The van der Waals surface area contributed by atoms with E-state index < -0.39 is 0 Å². The van der Waals surface area contributed by atoms with Gasteiger partial charge in [-0.25, -0.2) is 0 Å². The zero-order chi connectivity index (χ0) is 15.0. The Kier molecular flexibility index (Phi) is 3.79. The van der Waals surface area contributed by atoms with Crippen LogP contribution in [0.15, 0.2) is 18.2 Å². The molecule has 1 fully saturated rings. The number of aromatic amines is 1. The minimum Gasteiger partial charge on any atom is -0.350 e. The Labute approximate surface area is 132 Å². The number of rotatable bonds is 1. The quantitative estimate of drug-likeness (QED) is 0.867. The van der Waals surface area contributed by atoms with Gasteiger partial charge in [-0.15, -0.1) is 0 Å². The van der Waals surface area contributed by atoms with Gasteiger partial charge in [0.15, 0.2) is 0 Å². The van der Waals surface area contributed by atoms with E-state index in [9.17, 15) is 4.79 Å². The van der Waals surface area contributed by atoms with Crippen molar-refractivity contribution in [1.82, 2.24) is 9.88 Å². The summed E-state index contributed by atoms with van der Waals surface area (Å²) in [6.07, 6.45) is 1.46. The fourth-order valence-electron chi connectivity index (χ4n) is 2.64. The third-order valence-corrected chi connectivity index (χ3v) is 4.70. The molecule has 2 heterocycles. The van der Waals surface area contributed by atoms with E-state index in [1.165, 1.54) is 0 Å². The molecule has 1 saturated heterocycles. The highest BCUT2D eigenvalue weighted by Gasteiger charge is 2.24. The molecule has 1 N–H and O–H groups in total. The summed E-state index contributed by atoms with van der Waals surface area (Å²) >= 11 is 12.1. The van der Waals surface area contributed by atoms with Crippen LogP contribution in [0.25, 0.3) is 10.9 Å². The second-order valence-electron chi connectivity index (χ2n) is 5.20. The molecule has 0 atom stereocenters. The van der Waals surface area contributed by atoms with Gasteiger partial charge in [0, 0.05) is 29.9 Å². The number of nitriles is 1. The molecule has 1 aromatic heterocycles. The summed E-state index contributed by atoms with van der Waals surface area (Å²) in [5.41, 5.74) is 1.30. The monoisotopic (exact) mass is 321 g/mol. The molecule has 0 saturated carbocycles. The van der Waals surface area contributed by atoms with Crippen molar-refractivity contribution >= 4 is 40.0 Å². The number of nitrogens with one attached hydrogen (secondary N) is 1. The number of carbonyl (C=O) groups is 1. The van der Waals surface area contributed by atoms with Gasteiger partial charge in [-0.1, -0.05) is 23.2 Å². The van der Waals surface area contributed by atoms with Crippen LogP contribution >= 0.6 is 23.2 Å². The number of hydrogen-bond acceptors (Lipinski definition) is 2. The van der Waals surface area contributed by atoms with Crippen LogP contribution in [0.2, 0.25) is 10.0 Å². The topological polar surface area (TPSA) is 59.9 Å². The van der Waals surface area contributed by atoms with Gasteiger partial charge in [-0.05, 0) is 31.0 Å². The van der Waals surface area contributed by atoms with Crippen LogP contribution in [0.1, 0.15) is 23.3 Å². The Balaban J connectivity index is 1.86. The number of benzene rings is 1. The van der Waals surface area contributed by atoms with E-state index in [1.54, 1.807) is 17.0 Å². The van der Waals surface area contributed by atoms with Crippen LogP contribution in [0.5, 0.6) is 0 Å². The molecule has 1 aliphatic heterocycles. The van der Waals surface area contributed by atoms with E-state index in [2.05, 4.69) is 11.1 Å². The Bertz CT molecular complexity index is 739. The predicted molar refractivity (Wildman–Crippen MR) is 82.6 cm³/mol. The Morgan fingerprint density at radius 1 is 1.33 bits per heavy atom. The summed E-state index contributed by atoms with van der Waals surface area (Å²) < 4.78 is 0. The first-order valence-corrected chi connectivity index (χ1v) is 7.51. The Morgan fingerprint density at radius 2 is 2.05 bits per heavy atom. The van der Waals surface area contributed by atoms with E-state index in [0.29, 0.717) is 28.8 Å². The molecule has 21 heavy (non-hydrogen) atoms. The SMILES string of the molecule is N#CC1CCN(C(=O)c2cc3c(Cl)c(Cl)ccc3[nH]2)CC1. The van der Waals surface area contributed by atoms with Gasteiger partial charge in [0.25, 0.3) is 5.91 Å². The van der Waals surface area contributed by atoms with Crippen LogP contribution in [-0.4, -0.2) is 28.9 Å². The average Bonchev–Trinajstić information content (AvgIpc) is 2.95. The van der Waals surface area contributed by atoms with E-state index in [1.807, 2.05) is 6.07 Å². The van der Waals surface area contributed by atoms with Gasteiger partial charge in [0.05, 0.1) is 16.1 Å². The second kappa shape index (κ2) is 5.59. The van der Waals surface area contributed by atoms with Gasteiger partial charge in [-0.3, -0.25) is 4.79 Å². The normalized spacial score (nSPS) is 16.1. The van der Waals surface area contributed by atoms with Crippen molar-refractivity contribution in [3.63, 3.8) is 0 Å². The molecule has 0 radical (unpaired) electrons. The molecule has 2 aromatic rings. The number of likely N-dealkylation sites (tertiary alicyclic amines) is 1. The first kappa shape index (κ1) is 14.2. The third-order valence-electron chi connectivity index (χ3n) is 3.89. The number of H-pyrrole nitrogens is 1. The summed E-state index contributed by atoms with van der Waals surface area (Å²) in [6, 6.07) is 7.51. The van der Waals surface area contributed by atoms with Crippen molar-refractivity contribution in [1.29, 1.82) is 5.26 Å². The summed E-state index contributed by atoms with van der Waals surface area (Å²) in [5, 5.41) is 10.6. The van der Waals surface area contributed by atoms with Gasteiger partial charge in [0.1, 0.15) is 5.69 Å². The highest BCUT2D eigenvalue weighted by molar-refractivity contribution is 6.45. The van der Waals surface area contributed by atoms with Crippen LogP contribution in [0, 0.1) is 17.2 Å². The lowest BCUT2D eigenvalue weighted by atomic mass is 9.98. The van der Waals surface area contributed by atoms with Crippen LogP contribution in [-0.2, 0) is 0 Å². The molecule has 4 nitrogen and oxygen atoms in total. The fourth-order valence-corrected chi connectivity index (χ4v) is 3.02. The van der Waals surface area contributed by atoms with Gasteiger partial charge >= 0.3 is 0 Å². The summed E-state index contributed by atoms with van der Waals surface area (Å²) in [6.45, 7) is 1.22. The van der Waals surface area contributed by atoms with Crippen LogP contribution in [0.4, 0.5) is 0 Å². The molecule has 1 aromatic carbocycles. The lowest BCUT2D eigenvalue weighted by molar-refractivity contribution is 0.0702. The maximum absolute atomic E-state index is 12.5. The van der Waals surface area contributed by atoms with Crippen molar-refractivity contribution in [2.24, 2.45) is 5.92 Å². The minimum atomic E-state index is -0.0604. The number of aromatic nitrogens is 1. The number of carbonyl (C=O) groups excluding carboxylic acids is 1. The van der Waals surface area contributed by atoms with E-state index >= 15 is 0 Å². The van der Waals surface area contributed by atoms with E-state index in [4.69, 9.17) is 28.5 Å². The fraction of sp³-hybridized carbons (Fsp3) is 0.333. The number of halogens is 2. The van der Waals surface area contributed by atoms with Crippen molar-refractivity contribution in [3.8, 4) is 6.07 Å². The summed E-state index contributed by atoms with van der Waals surface area (Å²) in [4.78, 5) is 17.4. The smallest absolute Gasteiger partial charge is 0.270 e. The Morgan fingerprint density at radius 3 is 2.71 bits per heavy atom. The lowest BCUT2D eigenvalue weighted by Crippen LogP contribution is -2.38. The van der Waals surface area contributed by atoms with Gasteiger partial charge in [-0.2, -0.15) is 5.26 Å². The highest BCUT2D eigenvalue weighted by Crippen LogP contribution is 2.31. The van der Waals surface area contributed by atoms with Crippen molar-refractivity contribution in [2.75, 3.05) is 13.1 Å². The number of fused-ring (bicyclic) bond motifs is 1. The first-order chi connectivity index (χ1) is 10.1. The van der Waals surface area contributed by atoms with Gasteiger partial charge in [0.2, 0.25) is 0 Å². The maximum atomic E-state index is 12.5. The molecular formula is C15H13Cl2N3O. The molecule has 0 spiro atoms. The molecule has 1 amide bonds. The van der Waals surface area contributed by atoms with Crippen LogP contribution < -0.4 is 0 Å². The highest BCUT2D eigenvalue weighted by atomic mass is 35.5. The summed E-state index contributed by atoms with van der Waals surface area (Å²) in [7, 11) is 0. The number of hydrogen-bond donors (Lipinski definition) is 1. The number of nitrogens with zero attached hydrogens (tertiary/aromatic N) is 2. The number of piperidine rings is 1. The standard InChI is InChI=1S/C15H13Cl2N3O/c16-11-1-2-12-10(14(11)17)7-13(19-12)15(21)20-5-3-9(8-18)4-6-20/h1-2,7,9,19H,3-6H2. The summed E-state index contributed by atoms with van der Waals surface area (Å²) in [5.74, 6) is -0.000191. The third kappa shape index (κ3) is 2.59. The van der Waals surface area contributed by atoms with E-state index in [0.717, 1.165) is 23.7 Å². The van der Waals surface area contributed by atoms with E-state index in [-0.39, 0.29) is 11.8 Å². The largest absolute Gasteiger partial charge is 0.350 e. The minimum absolute atomic E-state index is 0.0602. The molecule has 108 valence electrons. The zero-order valence-electron chi connectivity index (χ0n) is 11.2. The van der Waals surface area contributed by atoms with Crippen molar-refractivity contribution in [2.45, 2.75) is 12.8 Å². The molecule has 0 aliphatic carbocycles. The average molecular weight is 322 g/mol. The van der Waals surface area contributed by atoms with Crippen molar-refractivity contribution in [3.05, 3.63) is 33.9 Å². The molecule has 6 heteroatoms. The molecular weight excluding hydrogens is 309 g/mol. The molecule has 1 aliphatic rings. The molecule has 0 bridgehead atoms. The molecule has 0 unspecified atom stereocenters. The van der Waals surface area contributed by atoms with Gasteiger partial charge < -0.3 is 9.88 Å².